The van der Waals surface area contributed by atoms with Crippen LogP contribution < -0.4 is 5.32 Å². The number of piperidine rings is 2. The third kappa shape index (κ3) is 5.37. The number of hydrogen-bond acceptors (Lipinski definition) is 4. The fourth-order valence-electron chi connectivity index (χ4n) is 4.38. The lowest BCUT2D eigenvalue weighted by atomic mass is 9.84. The van der Waals surface area contributed by atoms with Gasteiger partial charge in [-0.3, -0.25) is 9.89 Å². The first-order valence-electron chi connectivity index (χ1n) is 10.1. The second-order valence-electron chi connectivity index (χ2n) is 8.04. The van der Waals surface area contributed by atoms with E-state index >= 15 is 0 Å². The van der Waals surface area contributed by atoms with Crippen molar-refractivity contribution in [2.75, 3.05) is 53.9 Å². The van der Waals surface area contributed by atoms with Gasteiger partial charge >= 0.3 is 0 Å². The smallest absolute Gasteiger partial charge is 0.193 e. The lowest BCUT2D eigenvalue weighted by molar-refractivity contribution is 0.0170. The van der Waals surface area contributed by atoms with Gasteiger partial charge in [0.2, 0.25) is 0 Å². The molecule has 0 aromatic carbocycles. The molecule has 0 amide bonds. The van der Waals surface area contributed by atoms with E-state index in [1.54, 1.807) is 11.3 Å². The maximum atomic E-state index is 6.08. The molecule has 1 aromatic rings. The Hall–Kier alpha value is -0.820. The van der Waals surface area contributed by atoms with Crippen LogP contribution in [0.2, 0.25) is 4.34 Å². The van der Waals surface area contributed by atoms with Gasteiger partial charge in [0.05, 0.1) is 10.9 Å². The number of rotatable bonds is 5. The van der Waals surface area contributed by atoms with Crippen molar-refractivity contribution in [1.82, 2.24) is 20.0 Å². The average Bonchev–Trinajstić information content (AvgIpc) is 3.09. The summed E-state index contributed by atoms with van der Waals surface area (Å²) < 4.78 is 0.844. The first-order valence-corrected chi connectivity index (χ1v) is 11.3. The molecule has 7 heteroatoms. The van der Waals surface area contributed by atoms with Gasteiger partial charge in [0.15, 0.2) is 5.96 Å². The molecule has 0 saturated carbocycles. The first kappa shape index (κ1) is 20.9. The zero-order chi connectivity index (χ0) is 19.3. The molecule has 152 valence electrons. The van der Waals surface area contributed by atoms with E-state index in [9.17, 15) is 0 Å². The van der Waals surface area contributed by atoms with Crippen LogP contribution in [0.4, 0.5) is 0 Å². The molecule has 0 radical (unpaired) electrons. The molecule has 3 rings (SSSR count). The summed E-state index contributed by atoms with van der Waals surface area (Å²) >= 11 is 7.72. The van der Waals surface area contributed by atoms with Crippen LogP contribution in [-0.4, -0.2) is 80.1 Å². The molecular formula is C20H34ClN5S. The van der Waals surface area contributed by atoms with Crippen molar-refractivity contribution in [1.29, 1.82) is 0 Å². The zero-order valence-electron chi connectivity index (χ0n) is 17.0. The van der Waals surface area contributed by atoms with Gasteiger partial charge in [0.1, 0.15) is 0 Å². The zero-order valence-corrected chi connectivity index (χ0v) is 18.6. The van der Waals surface area contributed by atoms with Crippen LogP contribution in [-0.2, 0) is 6.54 Å². The Morgan fingerprint density at radius 1 is 1.22 bits per heavy atom. The average molecular weight is 412 g/mol. The van der Waals surface area contributed by atoms with E-state index in [1.165, 1.54) is 63.2 Å². The van der Waals surface area contributed by atoms with Gasteiger partial charge in [0, 0.05) is 31.1 Å². The van der Waals surface area contributed by atoms with E-state index in [1.807, 2.05) is 13.1 Å². The molecule has 0 atom stereocenters. The van der Waals surface area contributed by atoms with Gasteiger partial charge in [-0.25, -0.2) is 0 Å². The number of thiophene rings is 1. The monoisotopic (exact) mass is 411 g/mol. The van der Waals surface area contributed by atoms with Crippen molar-refractivity contribution in [2.45, 2.75) is 44.2 Å². The van der Waals surface area contributed by atoms with Crippen LogP contribution in [0.3, 0.4) is 0 Å². The molecule has 3 heterocycles. The molecule has 1 N–H and O–H groups in total. The normalized spacial score (nSPS) is 22.0. The number of likely N-dealkylation sites (tertiary alicyclic amines) is 2. The molecule has 5 nitrogen and oxygen atoms in total. The van der Waals surface area contributed by atoms with Gasteiger partial charge in [-0.1, -0.05) is 18.0 Å². The summed E-state index contributed by atoms with van der Waals surface area (Å²) in [6, 6.07) is 4.07. The lowest BCUT2D eigenvalue weighted by Gasteiger charge is -2.50. The molecular weight excluding hydrogens is 378 g/mol. The molecule has 2 aliphatic rings. The number of halogens is 1. The second kappa shape index (κ2) is 9.59. The number of guanidine groups is 1. The fraction of sp³-hybridized carbons (Fsp3) is 0.750. The lowest BCUT2D eigenvalue weighted by Crippen LogP contribution is -2.62. The largest absolute Gasteiger partial charge is 0.354 e. The minimum Gasteiger partial charge on any atom is -0.354 e. The van der Waals surface area contributed by atoms with Crippen molar-refractivity contribution in [2.24, 2.45) is 4.99 Å². The topological polar surface area (TPSA) is 34.1 Å². The quantitative estimate of drug-likeness (QED) is 0.595. The van der Waals surface area contributed by atoms with Gasteiger partial charge in [-0.15, -0.1) is 11.3 Å². The molecule has 0 unspecified atom stereocenters. The Balaban J connectivity index is 1.64. The molecule has 2 saturated heterocycles. The predicted molar refractivity (Wildman–Crippen MR) is 117 cm³/mol. The predicted octanol–water partition coefficient (Wildman–Crippen LogP) is 3.36. The Morgan fingerprint density at radius 2 is 1.93 bits per heavy atom. The Labute approximate surface area is 173 Å². The molecule has 0 aliphatic carbocycles. The third-order valence-electron chi connectivity index (χ3n) is 6.12. The minimum absolute atomic E-state index is 0.260. The Morgan fingerprint density at radius 3 is 2.52 bits per heavy atom. The minimum atomic E-state index is 0.260. The molecule has 0 bridgehead atoms. The summed E-state index contributed by atoms with van der Waals surface area (Å²) in [4.78, 5) is 13.2. The van der Waals surface area contributed by atoms with Crippen LogP contribution in [0.5, 0.6) is 0 Å². The maximum Gasteiger partial charge on any atom is 0.193 e. The van der Waals surface area contributed by atoms with Crippen LogP contribution in [0.15, 0.2) is 17.1 Å². The number of aliphatic imine (C=N–C) groups is 1. The summed E-state index contributed by atoms with van der Waals surface area (Å²) in [5.74, 6) is 0.967. The van der Waals surface area contributed by atoms with E-state index in [2.05, 4.69) is 45.2 Å². The molecule has 2 fully saturated rings. The Kier molecular flexibility index (Phi) is 7.42. The molecule has 2 aliphatic heterocycles. The van der Waals surface area contributed by atoms with Gasteiger partial charge in [-0.05, 0) is 71.0 Å². The van der Waals surface area contributed by atoms with Gasteiger partial charge < -0.3 is 15.1 Å². The van der Waals surface area contributed by atoms with Crippen molar-refractivity contribution in [3.63, 3.8) is 0 Å². The van der Waals surface area contributed by atoms with E-state index in [0.717, 1.165) is 23.4 Å². The summed E-state index contributed by atoms with van der Waals surface area (Å²) in [5, 5.41) is 3.71. The van der Waals surface area contributed by atoms with E-state index in [0.29, 0.717) is 0 Å². The molecule has 0 spiro atoms. The summed E-state index contributed by atoms with van der Waals surface area (Å²) in [7, 11) is 6.22. The van der Waals surface area contributed by atoms with E-state index in [4.69, 9.17) is 11.6 Å². The summed E-state index contributed by atoms with van der Waals surface area (Å²) in [6.07, 6.45) is 6.53. The van der Waals surface area contributed by atoms with Crippen molar-refractivity contribution >= 4 is 28.9 Å². The van der Waals surface area contributed by atoms with Gasteiger partial charge in [-0.2, -0.15) is 0 Å². The second-order valence-corrected chi connectivity index (χ2v) is 9.84. The highest BCUT2D eigenvalue weighted by Crippen LogP contribution is 2.31. The first-order chi connectivity index (χ1) is 13.0. The SMILES string of the molecule is CN=C(NCC1(N2CCCCC2)CCN(C)CC1)N(C)Cc1ccc(Cl)s1. The van der Waals surface area contributed by atoms with Crippen LogP contribution in [0, 0.1) is 0 Å². The van der Waals surface area contributed by atoms with Crippen LogP contribution in [0.25, 0.3) is 0 Å². The molecule has 1 aromatic heterocycles. The van der Waals surface area contributed by atoms with Crippen molar-refractivity contribution in [3.8, 4) is 0 Å². The molecule has 27 heavy (non-hydrogen) atoms. The number of nitrogens with one attached hydrogen (secondary N) is 1. The van der Waals surface area contributed by atoms with E-state index < -0.39 is 0 Å². The van der Waals surface area contributed by atoms with E-state index in [-0.39, 0.29) is 5.54 Å². The highest BCUT2D eigenvalue weighted by Gasteiger charge is 2.39. The van der Waals surface area contributed by atoms with Crippen molar-refractivity contribution in [3.05, 3.63) is 21.3 Å². The van der Waals surface area contributed by atoms with Crippen LogP contribution in [0.1, 0.15) is 37.0 Å². The summed E-state index contributed by atoms with van der Waals surface area (Å²) in [5.41, 5.74) is 0.260. The highest BCUT2D eigenvalue weighted by atomic mass is 35.5. The highest BCUT2D eigenvalue weighted by molar-refractivity contribution is 7.16. The standard InChI is InChI=1S/C20H34ClN5S/c1-22-19(25(3)15-17-7-8-18(21)27-17)23-16-20(9-13-24(2)14-10-20)26-11-5-4-6-12-26/h7-8H,4-6,9-16H2,1-3H3,(H,22,23). The van der Waals surface area contributed by atoms with Gasteiger partial charge in [0.25, 0.3) is 0 Å². The van der Waals surface area contributed by atoms with Crippen LogP contribution >= 0.6 is 22.9 Å². The third-order valence-corrected chi connectivity index (χ3v) is 7.33. The fourth-order valence-corrected chi connectivity index (χ4v) is 5.52. The number of hydrogen-bond donors (Lipinski definition) is 1. The Bertz CT molecular complexity index is 618. The number of nitrogens with zero attached hydrogens (tertiary/aromatic N) is 4. The maximum absolute atomic E-state index is 6.08. The van der Waals surface area contributed by atoms with Crippen molar-refractivity contribution < 1.29 is 0 Å². The summed E-state index contributed by atoms with van der Waals surface area (Å²) in [6.45, 7) is 6.65.